The van der Waals surface area contributed by atoms with Crippen LogP contribution in [-0.4, -0.2) is 43.6 Å². The number of halogens is 2. The number of nitrogens with zero attached hydrogens (tertiary/aromatic N) is 1. The van der Waals surface area contributed by atoms with Gasteiger partial charge in [0.1, 0.15) is 0 Å². The third kappa shape index (κ3) is 7.30. The van der Waals surface area contributed by atoms with Crippen molar-refractivity contribution >= 4 is 45.9 Å². The van der Waals surface area contributed by atoms with Crippen LogP contribution >= 0.6 is 23.2 Å². The summed E-state index contributed by atoms with van der Waals surface area (Å²) in [4.78, 5) is 26.7. The zero-order chi connectivity index (χ0) is 25.5. The van der Waals surface area contributed by atoms with Gasteiger partial charge in [0.25, 0.3) is 0 Å². The van der Waals surface area contributed by atoms with Crippen molar-refractivity contribution in [1.82, 2.24) is 4.90 Å². The highest BCUT2D eigenvalue weighted by Crippen LogP contribution is 2.45. The van der Waals surface area contributed by atoms with E-state index in [0.717, 1.165) is 10.6 Å². The molecule has 1 fully saturated rings. The fraction of sp³-hybridized carbons (Fsp3) is 0.462. The van der Waals surface area contributed by atoms with Gasteiger partial charge in [-0.25, -0.2) is 0 Å². The lowest BCUT2D eigenvalue weighted by Gasteiger charge is -2.49. The van der Waals surface area contributed by atoms with Crippen LogP contribution in [0.1, 0.15) is 58.1 Å². The lowest BCUT2D eigenvalue weighted by atomic mass is 9.74. The molecule has 1 aliphatic heterocycles. The summed E-state index contributed by atoms with van der Waals surface area (Å²) in [6.07, 6.45) is 3.27. The second kappa shape index (κ2) is 12.7. The van der Waals surface area contributed by atoms with E-state index in [1.54, 1.807) is 25.3 Å². The van der Waals surface area contributed by atoms with Crippen LogP contribution < -0.4 is 0 Å². The van der Waals surface area contributed by atoms with E-state index < -0.39 is 22.2 Å². The molecule has 1 N–H and O–H groups in total. The molecule has 0 saturated carbocycles. The van der Waals surface area contributed by atoms with Crippen molar-refractivity contribution < 1.29 is 18.9 Å². The molecular weight excluding hydrogens is 493 g/mol. The molecule has 3 rings (SSSR count). The third-order valence-electron chi connectivity index (χ3n) is 6.43. The van der Waals surface area contributed by atoms with Crippen molar-refractivity contribution in [2.45, 2.75) is 63.8 Å². The number of piperidine rings is 1. The summed E-state index contributed by atoms with van der Waals surface area (Å²) in [5, 5.41) is 10.5. The second-order valence-corrected chi connectivity index (χ2v) is 11.5. The normalized spacial score (nSPS) is 22.8. The Hall–Kier alpha value is -1.89. The van der Waals surface area contributed by atoms with Crippen LogP contribution in [0.5, 0.6) is 0 Å². The van der Waals surface area contributed by atoms with Gasteiger partial charge in [-0.15, -0.1) is 0 Å². The SMILES string of the molecule is CCC(C(C)S(C)=O)N1C(=O)[C@@](C)(CC(=O)O)CCC1c1ccc(Cl)cc1.Clc1ccccc1. The molecule has 186 valence electrons. The van der Waals surface area contributed by atoms with Crippen LogP contribution in [-0.2, 0) is 20.4 Å². The highest BCUT2D eigenvalue weighted by atomic mass is 35.5. The number of aliphatic carboxylic acids is 1. The Kier molecular flexibility index (Phi) is 10.6. The standard InChI is InChI=1S/C20H28ClNO4S.C6H5Cl/c1-5-16(13(2)27(4)26)22-17(14-6-8-15(21)9-7-14)10-11-20(3,19(22)25)12-18(23)24;7-6-4-2-1-3-5-6/h6-9,13,16-17H,5,10-12H2,1-4H3,(H,23,24);1-5H/t13?,16?,17?,20-,27?;/m1./s1. The van der Waals surface area contributed by atoms with E-state index in [1.807, 2.05) is 61.2 Å². The molecule has 5 nitrogen and oxygen atoms in total. The Bertz CT molecular complexity index is 986. The van der Waals surface area contributed by atoms with Gasteiger partial charge in [0.05, 0.1) is 23.1 Å². The van der Waals surface area contributed by atoms with Crippen molar-refractivity contribution in [3.8, 4) is 0 Å². The van der Waals surface area contributed by atoms with Crippen LogP contribution in [0.15, 0.2) is 54.6 Å². The molecule has 2 aromatic carbocycles. The van der Waals surface area contributed by atoms with Gasteiger partial charge < -0.3 is 10.0 Å². The van der Waals surface area contributed by atoms with Gasteiger partial charge >= 0.3 is 5.97 Å². The van der Waals surface area contributed by atoms with E-state index in [0.29, 0.717) is 24.3 Å². The fourth-order valence-corrected chi connectivity index (χ4v) is 5.47. The van der Waals surface area contributed by atoms with Crippen molar-refractivity contribution in [2.75, 3.05) is 6.26 Å². The Morgan fingerprint density at radius 3 is 2.15 bits per heavy atom. The van der Waals surface area contributed by atoms with E-state index in [1.165, 1.54) is 0 Å². The van der Waals surface area contributed by atoms with Crippen molar-refractivity contribution in [2.24, 2.45) is 5.41 Å². The first-order chi connectivity index (χ1) is 16.0. The molecule has 5 atom stereocenters. The van der Waals surface area contributed by atoms with Crippen LogP contribution in [0, 0.1) is 5.41 Å². The minimum atomic E-state index is -1.10. The van der Waals surface area contributed by atoms with Crippen molar-refractivity contribution in [3.05, 3.63) is 70.2 Å². The molecule has 0 spiro atoms. The van der Waals surface area contributed by atoms with E-state index in [2.05, 4.69) is 0 Å². The number of carbonyl (C=O) groups is 2. The smallest absolute Gasteiger partial charge is 0.304 e. The van der Waals surface area contributed by atoms with E-state index in [4.69, 9.17) is 23.2 Å². The Morgan fingerprint density at radius 1 is 1.15 bits per heavy atom. The number of benzene rings is 2. The molecule has 1 amide bonds. The number of carboxylic acid groups (broad SMARTS) is 1. The van der Waals surface area contributed by atoms with Gasteiger partial charge in [-0.1, -0.05) is 67.4 Å². The molecule has 0 aromatic heterocycles. The van der Waals surface area contributed by atoms with Crippen LogP contribution in [0.2, 0.25) is 10.0 Å². The molecule has 8 heteroatoms. The first-order valence-corrected chi connectivity index (χ1v) is 13.7. The Morgan fingerprint density at radius 2 is 1.71 bits per heavy atom. The molecule has 0 bridgehead atoms. The number of likely N-dealkylation sites (tertiary alicyclic amines) is 1. The maximum Gasteiger partial charge on any atom is 0.304 e. The number of rotatable bonds is 7. The van der Waals surface area contributed by atoms with Gasteiger partial charge in [0.15, 0.2) is 0 Å². The summed E-state index contributed by atoms with van der Waals surface area (Å²) < 4.78 is 12.2. The molecule has 1 aliphatic rings. The van der Waals surface area contributed by atoms with Crippen LogP contribution in [0.25, 0.3) is 0 Å². The molecular formula is C26H33Cl2NO4S. The first kappa shape index (κ1) is 28.3. The van der Waals surface area contributed by atoms with Gasteiger partial charge in [-0.05, 0) is 56.0 Å². The summed E-state index contributed by atoms with van der Waals surface area (Å²) in [5.74, 6) is -1.14. The average Bonchev–Trinajstić information content (AvgIpc) is 2.78. The molecule has 0 aliphatic carbocycles. The summed E-state index contributed by atoms with van der Waals surface area (Å²) in [7, 11) is -1.10. The minimum absolute atomic E-state index is 0.166. The zero-order valence-corrected chi connectivity index (χ0v) is 22.4. The predicted molar refractivity (Wildman–Crippen MR) is 140 cm³/mol. The average molecular weight is 527 g/mol. The molecule has 4 unspecified atom stereocenters. The summed E-state index contributed by atoms with van der Waals surface area (Å²) in [5.41, 5.74) is 0.0228. The summed E-state index contributed by atoms with van der Waals surface area (Å²) >= 11 is 11.6. The quantitative estimate of drug-likeness (QED) is 0.455. The number of carboxylic acids is 1. The maximum atomic E-state index is 13.5. The third-order valence-corrected chi connectivity index (χ3v) is 8.29. The monoisotopic (exact) mass is 525 g/mol. The largest absolute Gasteiger partial charge is 0.481 e. The number of hydrogen-bond donors (Lipinski definition) is 1. The Labute approximate surface area is 214 Å². The van der Waals surface area contributed by atoms with E-state index >= 15 is 0 Å². The van der Waals surface area contributed by atoms with E-state index in [-0.39, 0.29) is 29.7 Å². The molecule has 1 saturated heterocycles. The molecule has 34 heavy (non-hydrogen) atoms. The van der Waals surface area contributed by atoms with Gasteiger partial charge in [0, 0.05) is 33.1 Å². The summed E-state index contributed by atoms with van der Waals surface area (Å²) in [6.45, 7) is 5.60. The first-order valence-electron chi connectivity index (χ1n) is 11.3. The topological polar surface area (TPSA) is 74.7 Å². The molecule has 2 aromatic rings. The van der Waals surface area contributed by atoms with Gasteiger partial charge in [0.2, 0.25) is 5.91 Å². The predicted octanol–water partition coefficient (Wildman–Crippen LogP) is 6.37. The van der Waals surface area contributed by atoms with Crippen LogP contribution in [0.3, 0.4) is 0 Å². The second-order valence-electron chi connectivity index (χ2n) is 8.92. The molecule has 0 radical (unpaired) electrons. The van der Waals surface area contributed by atoms with Gasteiger partial charge in [-0.2, -0.15) is 0 Å². The van der Waals surface area contributed by atoms with Crippen molar-refractivity contribution in [3.63, 3.8) is 0 Å². The summed E-state index contributed by atoms with van der Waals surface area (Å²) in [6, 6.07) is 16.5. The minimum Gasteiger partial charge on any atom is -0.481 e. The number of carbonyl (C=O) groups excluding carboxylic acids is 1. The van der Waals surface area contributed by atoms with Gasteiger partial charge in [-0.3, -0.25) is 13.8 Å². The molecule has 1 heterocycles. The highest BCUT2D eigenvalue weighted by Gasteiger charge is 2.48. The Balaban J connectivity index is 0.000000497. The fourth-order valence-electron chi connectivity index (χ4n) is 4.44. The van der Waals surface area contributed by atoms with Crippen molar-refractivity contribution in [1.29, 1.82) is 0 Å². The zero-order valence-electron chi connectivity index (χ0n) is 20.0. The van der Waals surface area contributed by atoms with Crippen LogP contribution in [0.4, 0.5) is 0 Å². The maximum absolute atomic E-state index is 13.5. The van der Waals surface area contributed by atoms with E-state index in [9.17, 15) is 18.9 Å². The lowest BCUT2D eigenvalue weighted by molar-refractivity contribution is -0.159. The lowest BCUT2D eigenvalue weighted by Crippen LogP contribution is -2.56. The number of hydrogen-bond acceptors (Lipinski definition) is 3. The number of amides is 1. The highest BCUT2D eigenvalue weighted by molar-refractivity contribution is 7.84.